The lowest BCUT2D eigenvalue weighted by molar-refractivity contribution is -0.121. The third-order valence-electron chi connectivity index (χ3n) is 4.91. The predicted molar refractivity (Wildman–Crippen MR) is 114 cm³/mol. The van der Waals surface area contributed by atoms with E-state index in [1.165, 1.54) is 0 Å². The van der Waals surface area contributed by atoms with Crippen molar-refractivity contribution in [2.24, 2.45) is 4.99 Å². The lowest BCUT2D eigenvalue weighted by atomic mass is 10.1. The second-order valence-electron chi connectivity index (χ2n) is 7.19. The van der Waals surface area contributed by atoms with E-state index in [1.807, 2.05) is 38.1 Å². The van der Waals surface area contributed by atoms with Gasteiger partial charge in [0.25, 0.3) is 0 Å². The van der Waals surface area contributed by atoms with Gasteiger partial charge in [0.2, 0.25) is 5.91 Å². The molecule has 0 radical (unpaired) electrons. The van der Waals surface area contributed by atoms with E-state index in [9.17, 15) is 13.2 Å². The molecule has 158 valence electrons. The van der Waals surface area contributed by atoms with Gasteiger partial charge in [0.1, 0.15) is 17.9 Å². The van der Waals surface area contributed by atoms with Gasteiger partial charge in [-0.05, 0) is 26.3 Å². The van der Waals surface area contributed by atoms with Crippen molar-refractivity contribution in [2.75, 3.05) is 24.6 Å². The van der Waals surface area contributed by atoms with Gasteiger partial charge < -0.3 is 20.4 Å². The maximum Gasteiger partial charge on any atom is 0.222 e. The molecule has 1 amide bonds. The summed E-state index contributed by atoms with van der Waals surface area (Å²) in [5.41, 5.74) is 1.92. The third-order valence-corrected chi connectivity index (χ3v) is 6.68. The Hall–Kier alpha value is -2.55. The van der Waals surface area contributed by atoms with Crippen molar-refractivity contribution in [1.29, 1.82) is 0 Å². The summed E-state index contributed by atoms with van der Waals surface area (Å²) >= 11 is 0. The number of hydrogen-bond donors (Lipinski definition) is 3. The number of rotatable bonds is 7. The number of fused-ring (bicyclic) bond motifs is 1. The maximum absolute atomic E-state index is 12.1. The highest BCUT2D eigenvalue weighted by atomic mass is 32.2. The number of carbonyl (C=O) groups is 1. The van der Waals surface area contributed by atoms with Crippen molar-refractivity contribution in [3.63, 3.8) is 0 Å². The van der Waals surface area contributed by atoms with E-state index in [-0.39, 0.29) is 29.9 Å². The molecular formula is C20H28N4O4S. The van der Waals surface area contributed by atoms with Crippen LogP contribution in [0.2, 0.25) is 0 Å². The molecule has 1 aliphatic rings. The molecule has 1 atom stereocenters. The van der Waals surface area contributed by atoms with Crippen LogP contribution in [-0.4, -0.2) is 50.9 Å². The van der Waals surface area contributed by atoms with Crippen molar-refractivity contribution in [3.8, 4) is 0 Å². The Morgan fingerprint density at radius 1 is 1.28 bits per heavy atom. The zero-order valence-corrected chi connectivity index (χ0v) is 17.6. The maximum atomic E-state index is 12.1. The number of hydrogen-bond acceptors (Lipinski definition) is 5. The lowest BCUT2D eigenvalue weighted by Gasteiger charge is -2.13. The molecule has 1 saturated heterocycles. The zero-order chi connectivity index (χ0) is 20.9. The monoisotopic (exact) mass is 420 g/mol. The smallest absolute Gasteiger partial charge is 0.222 e. The second-order valence-corrected chi connectivity index (χ2v) is 9.41. The first-order chi connectivity index (χ1) is 13.9. The number of nitrogens with one attached hydrogen (secondary N) is 3. The van der Waals surface area contributed by atoms with Crippen LogP contribution >= 0.6 is 0 Å². The minimum absolute atomic E-state index is 0.0348. The van der Waals surface area contributed by atoms with Crippen molar-refractivity contribution in [2.45, 2.75) is 39.3 Å². The van der Waals surface area contributed by atoms with Gasteiger partial charge in [-0.1, -0.05) is 18.2 Å². The van der Waals surface area contributed by atoms with E-state index < -0.39 is 9.84 Å². The number of amides is 1. The van der Waals surface area contributed by atoms with E-state index in [1.54, 1.807) is 0 Å². The van der Waals surface area contributed by atoms with Crippen LogP contribution in [0.15, 0.2) is 33.7 Å². The summed E-state index contributed by atoms with van der Waals surface area (Å²) in [5, 5.41) is 10.2. The minimum atomic E-state index is -3.00. The minimum Gasteiger partial charge on any atom is -0.459 e. The van der Waals surface area contributed by atoms with E-state index in [2.05, 4.69) is 20.9 Å². The average Bonchev–Trinajstić information content (AvgIpc) is 3.18. The normalized spacial score (nSPS) is 18.7. The van der Waals surface area contributed by atoms with Crippen LogP contribution in [0.5, 0.6) is 0 Å². The molecule has 1 aromatic carbocycles. The van der Waals surface area contributed by atoms with Gasteiger partial charge in [-0.2, -0.15) is 0 Å². The zero-order valence-electron chi connectivity index (χ0n) is 16.8. The van der Waals surface area contributed by atoms with Gasteiger partial charge >= 0.3 is 0 Å². The summed E-state index contributed by atoms with van der Waals surface area (Å²) in [6, 6.07) is 7.61. The summed E-state index contributed by atoms with van der Waals surface area (Å²) in [6.45, 7) is 5.47. The van der Waals surface area contributed by atoms with Crippen LogP contribution in [0.3, 0.4) is 0 Å². The number of benzene rings is 1. The Kier molecular flexibility index (Phi) is 6.79. The topological polar surface area (TPSA) is 113 Å². The number of aryl methyl sites for hydroxylation is 1. The fourth-order valence-corrected chi connectivity index (χ4v) is 5.04. The molecule has 9 heteroatoms. The molecule has 0 aliphatic carbocycles. The van der Waals surface area contributed by atoms with Crippen LogP contribution in [0.4, 0.5) is 0 Å². The summed E-state index contributed by atoms with van der Waals surface area (Å²) in [7, 11) is -3.00. The molecule has 1 fully saturated rings. The first-order valence-electron chi connectivity index (χ1n) is 9.87. The summed E-state index contributed by atoms with van der Waals surface area (Å²) in [5.74, 6) is 1.43. The van der Waals surface area contributed by atoms with E-state index in [0.717, 1.165) is 22.3 Å². The van der Waals surface area contributed by atoms with Crippen molar-refractivity contribution >= 4 is 32.7 Å². The van der Waals surface area contributed by atoms with Crippen molar-refractivity contribution < 1.29 is 17.6 Å². The first-order valence-corrected chi connectivity index (χ1v) is 11.7. The van der Waals surface area contributed by atoms with Gasteiger partial charge in [0.05, 0.1) is 11.5 Å². The molecule has 1 unspecified atom stereocenters. The van der Waals surface area contributed by atoms with Gasteiger partial charge in [0.15, 0.2) is 15.8 Å². The second kappa shape index (κ2) is 9.30. The summed E-state index contributed by atoms with van der Waals surface area (Å²) in [4.78, 5) is 16.6. The molecule has 3 rings (SSSR count). The quantitative estimate of drug-likeness (QED) is 0.462. The Morgan fingerprint density at radius 2 is 2.07 bits per heavy atom. The van der Waals surface area contributed by atoms with Gasteiger partial charge in [0, 0.05) is 36.5 Å². The Balaban J connectivity index is 1.51. The average molecular weight is 421 g/mol. The Bertz CT molecular complexity index is 997. The number of furan rings is 1. The highest BCUT2D eigenvalue weighted by Gasteiger charge is 2.28. The standard InChI is InChI=1S/C20H28N4O4S/c1-3-21-20(22-10-8-19(25)24-15-9-11-29(26,27)13-15)23-12-18-14(2)16-6-4-5-7-17(16)28-18/h4-7,15H,3,8-13H2,1-2H3,(H,24,25)(H2,21,22,23). The summed E-state index contributed by atoms with van der Waals surface area (Å²) < 4.78 is 28.8. The molecular weight excluding hydrogens is 392 g/mol. The molecule has 2 heterocycles. The molecule has 8 nitrogen and oxygen atoms in total. The fourth-order valence-electron chi connectivity index (χ4n) is 3.37. The summed E-state index contributed by atoms with van der Waals surface area (Å²) in [6.07, 6.45) is 0.729. The van der Waals surface area contributed by atoms with Crippen LogP contribution in [0.1, 0.15) is 31.1 Å². The SMILES string of the molecule is CCNC(=NCc1oc2ccccc2c1C)NCCC(=O)NC1CCS(=O)(=O)C1. The number of carbonyl (C=O) groups excluding carboxylic acids is 1. The van der Waals surface area contributed by atoms with Crippen LogP contribution in [-0.2, 0) is 21.2 Å². The Labute approximate surface area is 171 Å². The number of guanidine groups is 1. The van der Waals surface area contributed by atoms with Crippen molar-refractivity contribution in [3.05, 3.63) is 35.6 Å². The largest absolute Gasteiger partial charge is 0.459 e. The van der Waals surface area contributed by atoms with Gasteiger partial charge in [-0.15, -0.1) is 0 Å². The van der Waals surface area contributed by atoms with Crippen LogP contribution in [0, 0.1) is 6.92 Å². The molecule has 2 aromatic rings. The van der Waals surface area contributed by atoms with Crippen LogP contribution in [0.25, 0.3) is 11.0 Å². The molecule has 3 N–H and O–H groups in total. The number of sulfone groups is 1. The highest BCUT2D eigenvalue weighted by Crippen LogP contribution is 2.25. The van der Waals surface area contributed by atoms with Gasteiger partial charge in [-0.25, -0.2) is 13.4 Å². The molecule has 29 heavy (non-hydrogen) atoms. The molecule has 0 saturated carbocycles. The fraction of sp³-hybridized carbons (Fsp3) is 0.500. The van der Waals surface area contributed by atoms with Crippen molar-refractivity contribution in [1.82, 2.24) is 16.0 Å². The Morgan fingerprint density at radius 3 is 2.76 bits per heavy atom. The molecule has 0 spiro atoms. The molecule has 1 aliphatic heterocycles. The highest BCUT2D eigenvalue weighted by molar-refractivity contribution is 7.91. The first kappa shape index (κ1) is 21.2. The number of aliphatic imine (C=N–C) groups is 1. The molecule has 1 aromatic heterocycles. The van der Waals surface area contributed by atoms with E-state index >= 15 is 0 Å². The van der Waals surface area contributed by atoms with Crippen LogP contribution < -0.4 is 16.0 Å². The lowest BCUT2D eigenvalue weighted by Crippen LogP contribution is -2.41. The molecule has 0 bridgehead atoms. The number of para-hydroxylation sites is 1. The van der Waals surface area contributed by atoms with E-state index in [4.69, 9.17) is 4.42 Å². The van der Waals surface area contributed by atoms with Gasteiger partial charge in [-0.3, -0.25) is 4.79 Å². The van der Waals surface area contributed by atoms with E-state index in [0.29, 0.717) is 32.0 Å². The third kappa shape index (κ3) is 5.72. The predicted octanol–water partition coefficient (Wildman–Crippen LogP) is 1.49. The number of nitrogens with zero attached hydrogens (tertiary/aromatic N) is 1.